The number of carbonyl (C=O) groups excluding carboxylic acids is 1. The zero-order chi connectivity index (χ0) is 17.7. The Kier molecular flexibility index (Phi) is 5.35. The maximum atomic E-state index is 12.6. The van der Waals surface area contributed by atoms with Crippen molar-refractivity contribution in [3.63, 3.8) is 0 Å². The minimum atomic E-state index is -1.02. The summed E-state index contributed by atoms with van der Waals surface area (Å²) in [4.78, 5) is 34.8. The summed E-state index contributed by atoms with van der Waals surface area (Å²) in [7, 11) is 2.87. The van der Waals surface area contributed by atoms with Crippen molar-refractivity contribution in [3.8, 4) is 11.5 Å². The van der Waals surface area contributed by atoms with E-state index in [1.54, 1.807) is 12.1 Å². The number of aliphatic carboxylic acids is 1. The first-order chi connectivity index (χ1) is 11.5. The van der Waals surface area contributed by atoms with Gasteiger partial charge in [0.25, 0.3) is 5.56 Å². The van der Waals surface area contributed by atoms with Gasteiger partial charge >= 0.3 is 5.97 Å². The summed E-state index contributed by atoms with van der Waals surface area (Å²) in [6.07, 6.45) is 1.25. The lowest BCUT2D eigenvalue weighted by Gasteiger charge is -2.11. The van der Waals surface area contributed by atoms with Crippen molar-refractivity contribution in [3.05, 3.63) is 28.7 Å². The standard InChI is InChI=1S/C15H17N3O6/c1-23-10-4-3-9-7-17-18(15(22)13(9)14(10)24-2)8-11(19)16-6-5-12(20)21/h3-4,7H,5-6,8H2,1-2H3,(H,16,19)(H,20,21). The van der Waals surface area contributed by atoms with E-state index in [1.807, 2.05) is 0 Å². The largest absolute Gasteiger partial charge is 0.493 e. The van der Waals surface area contributed by atoms with E-state index in [-0.39, 0.29) is 30.6 Å². The van der Waals surface area contributed by atoms with Crippen LogP contribution in [-0.2, 0) is 16.1 Å². The van der Waals surface area contributed by atoms with Gasteiger partial charge in [-0.1, -0.05) is 0 Å². The van der Waals surface area contributed by atoms with Gasteiger partial charge in [0.05, 0.1) is 32.2 Å². The van der Waals surface area contributed by atoms with E-state index in [1.165, 1.54) is 20.4 Å². The minimum Gasteiger partial charge on any atom is -0.493 e. The molecule has 0 radical (unpaired) electrons. The molecule has 9 nitrogen and oxygen atoms in total. The Balaban J connectivity index is 2.32. The molecule has 1 amide bonds. The third-order valence-corrected chi connectivity index (χ3v) is 3.32. The second-order valence-corrected chi connectivity index (χ2v) is 4.87. The molecule has 1 aromatic heterocycles. The van der Waals surface area contributed by atoms with E-state index in [2.05, 4.69) is 10.4 Å². The first-order valence-corrected chi connectivity index (χ1v) is 7.07. The van der Waals surface area contributed by atoms with Gasteiger partial charge in [-0.2, -0.15) is 5.10 Å². The second kappa shape index (κ2) is 7.44. The molecule has 0 unspecified atom stereocenters. The Morgan fingerprint density at radius 1 is 1.29 bits per heavy atom. The monoisotopic (exact) mass is 335 g/mol. The number of amides is 1. The molecule has 0 aliphatic heterocycles. The predicted octanol–water partition coefficient (Wildman–Crippen LogP) is 0.00460. The van der Waals surface area contributed by atoms with Crippen LogP contribution in [-0.4, -0.2) is 47.5 Å². The molecule has 1 aromatic carbocycles. The van der Waals surface area contributed by atoms with Crippen molar-refractivity contribution >= 4 is 22.6 Å². The van der Waals surface area contributed by atoms with Crippen molar-refractivity contribution < 1.29 is 24.2 Å². The van der Waals surface area contributed by atoms with Gasteiger partial charge < -0.3 is 19.9 Å². The lowest BCUT2D eigenvalue weighted by atomic mass is 10.1. The third kappa shape index (κ3) is 3.62. The molecule has 0 saturated carbocycles. The highest BCUT2D eigenvalue weighted by Crippen LogP contribution is 2.32. The summed E-state index contributed by atoms with van der Waals surface area (Å²) in [5, 5.41) is 15.7. The van der Waals surface area contributed by atoms with Crippen LogP contribution in [0.25, 0.3) is 10.8 Å². The zero-order valence-electron chi connectivity index (χ0n) is 13.2. The molecule has 9 heteroatoms. The van der Waals surface area contributed by atoms with E-state index in [4.69, 9.17) is 14.6 Å². The summed E-state index contributed by atoms with van der Waals surface area (Å²) in [5.74, 6) is -0.867. The molecule has 0 aliphatic carbocycles. The van der Waals surface area contributed by atoms with Gasteiger partial charge in [-0.3, -0.25) is 14.4 Å². The molecule has 2 N–H and O–H groups in total. The topological polar surface area (TPSA) is 120 Å². The Morgan fingerprint density at radius 2 is 2.04 bits per heavy atom. The van der Waals surface area contributed by atoms with Gasteiger partial charge in [0.15, 0.2) is 11.5 Å². The van der Waals surface area contributed by atoms with Crippen LogP contribution >= 0.6 is 0 Å². The van der Waals surface area contributed by atoms with Crippen molar-refractivity contribution in [2.75, 3.05) is 20.8 Å². The number of benzene rings is 1. The lowest BCUT2D eigenvalue weighted by Crippen LogP contribution is -2.34. The van der Waals surface area contributed by atoms with Crippen LogP contribution in [0.2, 0.25) is 0 Å². The van der Waals surface area contributed by atoms with Gasteiger partial charge in [-0.05, 0) is 12.1 Å². The molecule has 24 heavy (non-hydrogen) atoms. The van der Waals surface area contributed by atoms with Gasteiger partial charge in [-0.15, -0.1) is 0 Å². The van der Waals surface area contributed by atoms with Crippen molar-refractivity contribution in [2.24, 2.45) is 0 Å². The van der Waals surface area contributed by atoms with Crippen molar-refractivity contribution in [1.82, 2.24) is 15.1 Å². The maximum Gasteiger partial charge on any atom is 0.305 e. The number of ether oxygens (including phenoxy) is 2. The lowest BCUT2D eigenvalue weighted by molar-refractivity contribution is -0.136. The summed E-state index contributed by atoms with van der Waals surface area (Å²) >= 11 is 0. The molecule has 2 rings (SSSR count). The fourth-order valence-corrected chi connectivity index (χ4v) is 2.20. The molecule has 1 heterocycles. The Bertz CT molecular complexity index is 830. The number of carbonyl (C=O) groups is 2. The van der Waals surface area contributed by atoms with Crippen LogP contribution in [0.15, 0.2) is 23.1 Å². The predicted molar refractivity (Wildman–Crippen MR) is 84.4 cm³/mol. The fraction of sp³-hybridized carbons (Fsp3) is 0.333. The average molecular weight is 335 g/mol. The first kappa shape index (κ1) is 17.3. The Hall–Kier alpha value is -3.10. The number of hydrogen-bond donors (Lipinski definition) is 2. The van der Waals surface area contributed by atoms with E-state index < -0.39 is 17.4 Å². The molecule has 0 aliphatic rings. The van der Waals surface area contributed by atoms with E-state index >= 15 is 0 Å². The van der Waals surface area contributed by atoms with Crippen LogP contribution in [0.5, 0.6) is 11.5 Å². The van der Waals surface area contributed by atoms with Crippen molar-refractivity contribution in [1.29, 1.82) is 0 Å². The SMILES string of the molecule is COc1ccc2cnn(CC(=O)NCCC(=O)O)c(=O)c2c1OC. The smallest absolute Gasteiger partial charge is 0.305 e. The molecule has 0 saturated heterocycles. The number of nitrogens with one attached hydrogen (secondary N) is 1. The highest BCUT2D eigenvalue weighted by molar-refractivity contribution is 5.89. The highest BCUT2D eigenvalue weighted by Gasteiger charge is 2.15. The Labute approximate surface area is 136 Å². The summed E-state index contributed by atoms with van der Waals surface area (Å²) in [6.45, 7) is -0.345. The van der Waals surface area contributed by atoms with Gasteiger partial charge in [0, 0.05) is 11.9 Å². The van der Waals surface area contributed by atoms with E-state index in [0.29, 0.717) is 11.1 Å². The molecule has 0 fully saturated rings. The highest BCUT2D eigenvalue weighted by atomic mass is 16.5. The van der Waals surface area contributed by atoms with E-state index in [0.717, 1.165) is 4.68 Å². The number of nitrogens with zero attached hydrogens (tertiary/aromatic N) is 2. The fourth-order valence-electron chi connectivity index (χ4n) is 2.20. The van der Waals surface area contributed by atoms with Crippen LogP contribution in [0.3, 0.4) is 0 Å². The average Bonchev–Trinajstić information content (AvgIpc) is 2.56. The molecular weight excluding hydrogens is 318 g/mol. The third-order valence-electron chi connectivity index (χ3n) is 3.32. The molecule has 0 bridgehead atoms. The van der Waals surface area contributed by atoms with E-state index in [9.17, 15) is 14.4 Å². The maximum absolute atomic E-state index is 12.6. The number of hydrogen-bond acceptors (Lipinski definition) is 6. The number of aromatic nitrogens is 2. The number of carboxylic acid groups (broad SMARTS) is 1. The quantitative estimate of drug-likeness (QED) is 0.731. The van der Waals surface area contributed by atoms with Gasteiger partial charge in [0.1, 0.15) is 6.54 Å². The zero-order valence-corrected chi connectivity index (χ0v) is 13.2. The van der Waals surface area contributed by atoms with Crippen LogP contribution < -0.4 is 20.3 Å². The molecule has 2 aromatic rings. The second-order valence-electron chi connectivity index (χ2n) is 4.87. The van der Waals surface area contributed by atoms with Gasteiger partial charge in [-0.25, -0.2) is 4.68 Å². The summed E-state index contributed by atoms with van der Waals surface area (Å²) < 4.78 is 11.4. The normalized spacial score (nSPS) is 10.4. The molecule has 128 valence electrons. The van der Waals surface area contributed by atoms with Crippen molar-refractivity contribution in [2.45, 2.75) is 13.0 Å². The number of carboxylic acids is 1. The number of fused-ring (bicyclic) bond motifs is 1. The Morgan fingerprint density at radius 3 is 2.67 bits per heavy atom. The van der Waals surface area contributed by atoms with Crippen LogP contribution in [0.4, 0.5) is 0 Å². The first-order valence-electron chi connectivity index (χ1n) is 7.07. The van der Waals surface area contributed by atoms with Crippen LogP contribution in [0, 0.1) is 0 Å². The molecule has 0 spiro atoms. The molecule has 0 atom stereocenters. The summed E-state index contributed by atoms with van der Waals surface area (Å²) in [5.41, 5.74) is -0.503. The van der Waals surface area contributed by atoms with Gasteiger partial charge in [0.2, 0.25) is 5.91 Å². The molecular formula is C15H17N3O6. The van der Waals surface area contributed by atoms with Crippen LogP contribution in [0.1, 0.15) is 6.42 Å². The minimum absolute atomic E-state index is 0.0202. The number of methoxy groups -OCH3 is 2. The number of rotatable bonds is 7. The summed E-state index contributed by atoms with van der Waals surface area (Å²) in [6, 6.07) is 3.33.